The first-order valence-electron chi connectivity index (χ1n) is 13.0. The zero-order valence-corrected chi connectivity index (χ0v) is 22.6. The molecule has 212 valence electrons. The Kier molecular flexibility index (Phi) is 6.91. The van der Waals surface area contributed by atoms with Gasteiger partial charge >= 0.3 is 0 Å². The number of nitro benzene ring substituents is 2. The van der Waals surface area contributed by atoms with E-state index in [1.165, 1.54) is 16.6 Å². The molecule has 3 heterocycles. The highest BCUT2D eigenvalue weighted by Crippen LogP contribution is 2.39. The number of ketones is 1. The van der Waals surface area contributed by atoms with Crippen molar-refractivity contribution in [3.05, 3.63) is 120 Å². The lowest BCUT2D eigenvalue weighted by Gasteiger charge is -2.10. The van der Waals surface area contributed by atoms with Crippen molar-refractivity contribution >= 4 is 34.4 Å². The molecule has 0 bridgehead atoms. The molecule has 0 radical (unpaired) electrons. The lowest BCUT2D eigenvalue weighted by molar-refractivity contribution is -0.394. The Morgan fingerprint density at radius 2 is 1.69 bits per heavy atom. The number of hydrogen-bond donors (Lipinski definition) is 0. The number of non-ortho nitro benzene ring substituents is 2. The molecule has 13 heteroatoms. The molecule has 0 fully saturated rings. The minimum Gasteiger partial charge on any atom is -0.483 e. The summed E-state index contributed by atoms with van der Waals surface area (Å²) in [5.41, 5.74) is 1.37. The summed E-state index contributed by atoms with van der Waals surface area (Å²) in [6.07, 6.45) is 2.21. The van der Waals surface area contributed by atoms with E-state index in [0.717, 1.165) is 36.6 Å². The van der Waals surface area contributed by atoms with E-state index >= 15 is 0 Å². The predicted octanol–water partition coefficient (Wildman–Crippen LogP) is 6.56. The minimum absolute atomic E-state index is 0.0499. The quantitative estimate of drug-likeness (QED) is 0.114. The zero-order valence-electron chi connectivity index (χ0n) is 21.8. The second kappa shape index (κ2) is 10.7. The fourth-order valence-corrected chi connectivity index (χ4v) is 5.45. The summed E-state index contributed by atoms with van der Waals surface area (Å²) in [5.74, 6) is -0.716. The Labute approximate surface area is 242 Å². The summed E-state index contributed by atoms with van der Waals surface area (Å²) in [6, 6.07) is 15.7. The molecule has 5 aromatic rings. The van der Waals surface area contributed by atoms with Gasteiger partial charge in [-0.05, 0) is 49.1 Å². The molecule has 1 aliphatic rings. The van der Waals surface area contributed by atoms with Crippen molar-refractivity contribution in [2.75, 3.05) is 0 Å². The molecule has 0 amide bonds. The summed E-state index contributed by atoms with van der Waals surface area (Å²) >= 11 is 6.15. The number of hydrogen-bond acceptors (Lipinski definition) is 7. The maximum atomic E-state index is 14.3. The number of benzene rings is 3. The number of halogens is 2. The number of para-hydroxylation sites is 1. The van der Waals surface area contributed by atoms with Crippen LogP contribution in [0.5, 0.6) is 5.75 Å². The van der Waals surface area contributed by atoms with Crippen molar-refractivity contribution in [1.82, 2.24) is 14.2 Å². The Morgan fingerprint density at radius 3 is 2.36 bits per heavy atom. The van der Waals surface area contributed by atoms with Gasteiger partial charge in [0.25, 0.3) is 11.4 Å². The van der Waals surface area contributed by atoms with Crippen molar-refractivity contribution in [1.29, 1.82) is 0 Å². The second-order valence-electron chi connectivity index (χ2n) is 9.77. The van der Waals surface area contributed by atoms with Gasteiger partial charge in [0, 0.05) is 40.4 Å². The van der Waals surface area contributed by atoms with Gasteiger partial charge in [-0.25, -0.2) is 8.91 Å². The lowest BCUT2D eigenvalue weighted by Crippen LogP contribution is -2.10. The third-order valence-corrected chi connectivity index (χ3v) is 7.44. The maximum absolute atomic E-state index is 14.3. The number of ether oxygens (including phenoxy) is 1. The minimum atomic E-state index is -0.783. The van der Waals surface area contributed by atoms with Gasteiger partial charge < -0.3 is 9.30 Å². The van der Waals surface area contributed by atoms with Gasteiger partial charge in [0.15, 0.2) is 17.4 Å². The zero-order chi connectivity index (χ0) is 29.5. The van der Waals surface area contributed by atoms with Gasteiger partial charge in [-0.3, -0.25) is 25.0 Å². The van der Waals surface area contributed by atoms with Crippen LogP contribution in [0, 0.1) is 26.0 Å². The van der Waals surface area contributed by atoms with E-state index in [4.69, 9.17) is 21.4 Å². The first-order chi connectivity index (χ1) is 20.2. The molecular formula is C29H21ClFN5O6. The molecule has 1 aliphatic heterocycles. The monoisotopic (exact) mass is 589 g/mol. The molecule has 2 aromatic heterocycles. The molecule has 42 heavy (non-hydrogen) atoms. The van der Waals surface area contributed by atoms with Gasteiger partial charge in [0.1, 0.15) is 17.9 Å². The van der Waals surface area contributed by atoms with Gasteiger partial charge in [0.05, 0.1) is 15.9 Å². The first-order valence-corrected chi connectivity index (χ1v) is 13.4. The molecule has 0 aliphatic carbocycles. The van der Waals surface area contributed by atoms with Crippen LogP contribution in [0.25, 0.3) is 16.8 Å². The third-order valence-electron chi connectivity index (χ3n) is 7.19. The average Bonchev–Trinajstić information content (AvgIpc) is 3.38. The Hall–Kier alpha value is -5.10. The number of rotatable bonds is 8. The highest BCUT2D eigenvalue weighted by Gasteiger charge is 2.32. The summed E-state index contributed by atoms with van der Waals surface area (Å²) in [7, 11) is 0. The van der Waals surface area contributed by atoms with E-state index in [-0.39, 0.29) is 23.6 Å². The highest BCUT2D eigenvalue weighted by molar-refractivity contribution is 6.30. The molecule has 0 unspecified atom stereocenters. The van der Waals surface area contributed by atoms with Crippen LogP contribution in [0.1, 0.15) is 40.3 Å². The highest BCUT2D eigenvalue weighted by atomic mass is 35.5. The molecule has 3 aromatic carbocycles. The number of carbonyl (C=O) groups is 1. The Morgan fingerprint density at radius 1 is 1.00 bits per heavy atom. The van der Waals surface area contributed by atoms with Crippen LogP contribution in [0.2, 0.25) is 5.02 Å². The predicted molar refractivity (Wildman–Crippen MR) is 150 cm³/mol. The van der Waals surface area contributed by atoms with Gasteiger partial charge in [0.2, 0.25) is 5.78 Å². The topological polar surface area (TPSA) is 135 Å². The number of nitrogens with zero attached hydrogens (tertiary/aromatic N) is 5. The van der Waals surface area contributed by atoms with Gasteiger partial charge in [-0.1, -0.05) is 35.9 Å². The van der Waals surface area contributed by atoms with Crippen LogP contribution in [-0.2, 0) is 19.6 Å². The Balaban J connectivity index is 1.58. The van der Waals surface area contributed by atoms with Crippen molar-refractivity contribution in [3.8, 4) is 16.9 Å². The van der Waals surface area contributed by atoms with Crippen LogP contribution < -0.4 is 4.74 Å². The normalized spacial score (nSPS) is 12.7. The molecule has 6 rings (SSSR count). The van der Waals surface area contributed by atoms with Gasteiger partial charge in [-0.15, -0.1) is 5.10 Å². The summed E-state index contributed by atoms with van der Waals surface area (Å²) in [6.45, 7) is 0.473. The summed E-state index contributed by atoms with van der Waals surface area (Å²) in [4.78, 5) is 35.8. The number of aromatic nitrogens is 3. The van der Waals surface area contributed by atoms with Crippen LogP contribution in [0.4, 0.5) is 15.8 Å². The average molecular weight is 590 g/mol. The van der Waals surface area contributed by atoms with Crippen molar-refractivity contribution < 1.29 is 23.8 Å². The third kappa shape index (κ3) is 4.75. The lowest BCUT2D eigenvalue weighted by atomic mass is 9.94. The fourth-order valence-electron chi connectivity index (χ4n) is 5.33. The van der Waals surface area contributed by atoms with Gasteiger partial charge in [-0.2, -0.15) is 0 Å². The number of aryl methyl sites for hydroxylation is 2. The molecule has 0 saturated heterocycles. The molecule has 0 spiro atoms. The van der Waals surface area contributed by atoms with E-state index in [0.29, 0.717) is 40.6 Å². The largest absolute Gasteiger partial charge is 0.483 e. The van der Waals surface area contributed by atoms with Crippen molar-refractivity contribution in [2.24, 2.45) is 0 Å². The molecule has 11 nitrogen and oxygen atoms in total. The van der Waals surface area contributed by atoms with Crippen LogP contribution >= 0.6 is 11.6 Å². The first kappa shape index (κ1) is 27.1. The van der Waals surface area contributed by atoms with E-state index in [1.807, 2.05) is 4.57 Å². The standard InChI is InChI=1S/C29H21ClFN5O6/c30-19-10-8-17(9-11-19)26-22-5-3-4-12-33-25(16-42-24-7-2-1-6-23(24)31)32-34(29(22)33)27(26)28(37)18-13-20(35(38)39)15-21(14-18)36(40)41/h1-2,6-11,13-15H,3-5,12,16H2. The fraction of sp³-hybridized carbons (Fsp3) is 0.172. The molecule has 0 atom stereocenters. The molecule has 0 saturated carbocycles. The van der Waals surface area contributed by atoms with Crippen LogP contribution in [0.3, 0.4) is 0 Å². The maximum Gasteiger partial charge on any atom is 0.277 e. The van der Waals surface area contributed by atoms with Crippen LogP contribution in [-0.4, -0.2) is 29.8 Å². The Bertz CT molecular complexity index is 1870. The molecular weight excluding hydrogens is 569 g/mol. The van der Waals surface area contributed by atoms with E-state index in [9.17, 15) is 29.4 Å². The van der Waals surface area contributed by atoms with E-state index < -0.39 is 32.8 Å². The number of carbonyl (C=O) groups excluding carboxylic acids is 1. The van der Waals surface area contributed by atoms with Crippen LogP contribution in [0.15, 0.2) is 66.7 Å². The van der Waals surface area contributed by atoms with Crippen molar-refractivity contribution in [3.63, 3.8) is 0 Å². The smallest absolute Gasteiger partial charge is 0.277 e. The summed E-state index contributed by atoms with van der Waals surface area (Å²) in [5, 5.41) is 28.4. The van der Waals surface area contributed by atoms with E-state index in [1.54, 1.807) is 36.4 Å². The molecule has 0 N–H and O–H groups in total. The SMILES string of the molecule is O=C(c1cc([N+](=O)[O-])cc([N+](=O)[O-])c1)c1c(-c2ccc(Cl)cc2)c2c3n(c(COc4ccccc4F)nn13)CCCC2. The van der Waals surface area contributed by atoms with E-state index in [2.05, 4.69) is 0 Å². The summed E-state index contributed by atoms with van der Waals surface area (Å²) < 4.78 is 23.4. The second-order valence-corrected chi connectivity index (χ2v) is 10.2. The van der Waals surface area contributed by atoms with Crippen molar-refractivity contribution in [2.45, 2.75) is 32.4 Å². The number of nitro groups is 2.